The molecule has 0 bridgehead atoms. The summed E-state index contributed by atoms with van der Waals surface area (Å²) in [5.41, 5.74) is 2.01. The van der Waals surface area contributed by atoms with Crippen LogP contribution in [0.15, 0.2) is 6.33 Å². The van der Waals surface area contributed by atoms with Crippen LogP contribution in [0.25, 0.3) is 5.95 Å². The number of nitrogens with two attached hydrogens (primary N) is 1. The molecule has 0 unspecified atom stereocenters. The molecule has 8 nitrogen and oxygen atoms in total. The standard InChI is InChI=1S/C9H12N6O2/c1-5-7(3-8(16)17)6(2)15(13-5)9-12-11-4-14(9)10/h4H,3,10H2,1-2H3,(H,16,17). The maximum absolute atomic E-state index is 10.7. The third-order valence-electron chi connectivity index (χ3n) is 2.51. The van der Waals surface area contributed by atoms with Crippen LogP contribution in [0.2, 0.25) is 0 Å². The fraction of sp³-hybridized carbons (Fsp3) is 0.333. The lowest BCUT2D eigenvalue weighted by Gasteiger charge is -2.02. The monoisotopic (exact) mass is 236 g/mol. The largest absolute Gasteiger partial charge is 0.481 e. The first-order chi connectivity index (χ1) is 8.00. The number of nitrogens with zero attached hydrogens (tertiary/aromatic N) is 5. The molecular weight excluding hydrogens is 224 g/mol. The molecule has 0 radical (unpaired) electrons. The summed E-state index contributed by atoms with van der Waals surface area (Å²) in [7, 11) is 0. The lowest BCUT2D eigenvalue weighted by Crippen LogP contribution is -2.15. The van der Waals surface area contributed by atoms with E-state index in [1.807, 2.05) is 0 Å². The van der Waals surface area contributed by atoms with Crippen LogP contribution in [0.3, 0.4) is 0 Å². The van der Waals surface area contributed by atoms with Crippen LogP contribution < -0.4 is 5.84 Å². The van der Waals surface area contributed by atoms with E-state index in [4.69, 9.17) is 10.9 Å². The Labute approximate surface area is 96.6 Å². The molecule has 17 heavy (non-hydrogen) atoms. The van der Waals surface area contributed by atoms with Gasteiger partial charge in [-0.2, -0.15) is 5.10 Å². The number of carboxylic acid groups (broad SMARTS) is 1. The highest BCUT2D eigenvalue weighted by atomic mass is 16.4. The number of hydrogen-bond donors (Lipinski definition) is 2. The second kappa shape index (κ2) is 3.89. The first-order valence-corrected chi connectivity index (χ1v) is 4.93. The Kier molecular flexibility index (Phi) is 2.54. The number of aromatic nitrogens is 5. The molecule has 2 aromatic rings. The molecule has 0 fully saturated rings. The quantitative estimate of drug-likeness (QED) is 0.689. The SMILES string of the molecule is Cc1nn(-c2nncn2N)c(C)c1CC(=O)O. The van der Waals surface area contributed by atoms with Gasteiger partial charge in [0.1, 0.15) is 6.33 Å². The summed E-state index contributed by atoms with van der Waals surface area (Å²) in [5, 5.41) is 20.5. The Bertz CT molecular complexity index is 570. The summed E-state index contributed by atoms with van der Waals surface area (Å²) < 4.78 is 2.71. The molecule has 2 heterocycles. The molecule has 0 aliphatic heterocycles. The summed E-state index contributed by atoms with van der Waals surface area (Å²) in [6.07, 6.45) is 1.28. The fourth-order valence-corrected chi connectivity index (χ4v) is 1.66. The molecular formula is C9H12N6O2. The predicted octanol–water partition coefficient (Wildman–Crippen LogP) is -0.578. The van der Waals surface area contributed by atoms with Crippen molar-refractivity contribution in [3.8, 4) is 5.95 Å². The van der Waals surface area contributed by atoms with Gasteiger partial charge in [0.2, 0.25) is 0 Å². The van der Waals surface area contributed by atoms with E-state index in [2.05, 4.69) is 15.3 Å². The molecule has 0 atom stereocenters. The summed E-state index contributed by atoms with van der Waals surface area (Å²) in [6, 6.07) is 0. The molecule has 0 amide bonds. The number of rotatable bonds is 3. The minimum absolute atomic E-state index is 0.0730. The second-order valence-electron chi connectivity index (χ2n) is 3.67. The van der Waals surface area contributed by atoms with Gasteiger partial charge in [0.25, 0.3) is 5.95 Å². The lowest BCUT2D eigenvalue weighted by atomic mass is 10.1. The number of aryl methyl sites for hydroxylation is 1. The average Bonchev–Trinajstić information content (AvgIpc) is 2.76. The van der Waals surface area contributed by atoms with Crippen LogP contribution in [-0.4, -0.2) is 35.7 Å². The van der Waals surface area contributed by atoms with Gasteiger partial charge >= 0.3 is 5.97 Å². The van der Waals surface area contributed by atoms with Crippen LogP contribution in [0.4, 0.5) is 0 Å². The molecule has 0 aliphatic rings. The number of carbonyl (C=O) groups is 1. The molecule has 0 saturated heterocycles. The minimum atomic E-state index is -0.898. The molecule has 0 aromatic carbocycles. The first-order valence-electron chi connectivity index (χ1n) is 4.93. The maximum Gasteiger partial charge on any atom is 0.307 e. The predicted molar refractivity (Wildman–Crippen MR) is 58.1 cm³/mol. The topological polar surface area (TPSA) is 112 Å². The Hall–Kier alpha value is -2.38. The van der Waals surface area contributed by atoms with Crippen molar-refractivity contribution >= 4 is 5.97 Å². The van der Waals surface area contributed by atoms with Gasteiger partial charge in [-0.1, -0.05) is 0 Å². The van der Waals surface area contributed by atoms with Crippen molar-refractivity contribution in [1.82, 2.24) is 24.7 Å². The van der Waals surface area contributed by atoms with Gasteiger partial charge in [-0.15, -0.1) is 10.2 Å². The van der Waals surface area contributed by atoms with Crippen molar-refractivity contribution in [1.29, 1.82) is 0 Å². The van der Waals surface area contributed by atoms with Crippen molar-refractivity contribution in [2.75, 3.05) is 5.84 Å². The molecule has 90 valence electrons. The van der Waals surface area contributed by atoms with E-state index in [0.717, 1.165) is 0 Å². The Morgan fingerprint density at radius 2 is 2.24 bits per heavy atom. The van der Waals surface area contributed by atoms with Gasteiger partial charge in [0.15, 0.2) is 0 Å². The van der Waals surface area contributed by atoms with Crippen LogP contribution in [-0.2, 0) is 11.2 Å². The highest BCUT2D eigenvalue weighted by molar-refractivity contribution is 5.71. The smallest absolute Gasteiger partial charge is 0.307 e. The normalized spacial score (nSPS) is 10.7. The molecule has 3 N–H and O–H groups in total. The third kappa shape index (κ3) is 1.84. The Morgan fingerprint density at radius 1 is 1.53 bits per heavy atom. The maximum atomic E-state index is 10.7. The Balaban J connectivity index is 2.51. The van der Waals surface area contributed by atoms with Crippen molar-refractivity contribution in [3.05, 3.63) is 23.3 Å². The molecule has 0 saturated carbocycles. The van der Waals surface area contributed by atoms with Gasteiger partial charge in [-0.25, -0.2) is 9.36 Å². The summed E-state index contributed by atoms with van der Waals surface area (Å²) in [5.74, 6) is 5.07. The van der Waals surface area contributed by atoms with Crippen LogP contribution >= 0.6 is 0 Å². The lowest BCUT2D eigenvalue weighted by molar-refractivity contribution is -0.136. The van der Waals surface area contributed by atoms with Crippen LogP contribution in [0.5, 0.6) is 0 Å². The van der Waals surface area contributed by atoms with Crippen molar-refractivity contribution in [2.24, 2.45) is 0 Å². The number of hydrogen-bond acceptors (Lipinski definition) is 5. The van der Waals surface area contributed by atoms with Crippen molar-refractivity contribution < 1.29 is 9.90 Å². The fourth-order valence-electron chi connectivity index (χ4n) is 1.66. The van der Waals surface area contributed by atoms with Crippen molar-refractivity contribution in [2.45, 2.75) is 20.3 Å². The van der Waals surface area contributed by atoms with E-state index >= 15 is 0 Å². The van der Waals surface area contributed by atoms with E-state index in [1.54, 1.807) is 13.8 Å². The summed E-state index contributed by atoms with van der Waals surface area (Å²) in [6.45, 7) is 3.52. The zero-order valence-corrected chi connectivity index (χ0v) is 9.45. The molecule has 0 aliphatic carbocycles. The average molecular weight is 236 g/mol. The first kappa shape index (κ1) is 11.1. The van der Waals surface area contributed by atoms with E-state index in [9.17, 15) is 4.79 Å². The zero-order valence-electron chi connectivity index (χ0n) is 9.45. The van der Waals surface area contributed by atoms with Gasteiger partial charge < -0.3 is 10.9 Å². The van der Waals surface area contributed by atoms with E-state index < -0.39 is 5.97 Å². The number of aliphatic carboxylic acids is 1. The van der Waals surface area contributed by atoms with Crippen LogP contribution in [0.1, 0.15) is 17.0 Å². The summed E-state index contributed by atoms with van der Waals surface area (Å²) in [4.78, 5) is 10.7. The highest BCUT2D eigenvalue weighted by Crippen LogP contribution is 2.16. The second-order valence-corrected chi connectivity index (χ2v) is 3.67. The Morgan fingerprint density at radius 3 is 2.76 bits per heavy atom. The van der Waals surface area contributed by atoms with Gasteiger partial charge in [-0.05, 0) is 13.8 Å². The van der Waals surface area contributed by atoms with Gasteiger partial charge in [-0.3, -0.25) is 4.79 Å². The van der Waals surface area contributed by atoms with Crippen molar-refractivity contribution in [3.63, 3.8) is 0 Å². The summed E-state index contributed by atoms with van der Waals surface area (Å²) >= 11 is 0. The molecule has 0 spiro atoms. The molecule has 2 rings (SSSR count). The van der Waals surface area contributed by atoms with Gasteiger partial charge in [0, 0.05) is 11.3 Å². The minimum Gasteiger partial charge on any atom is -0.481 e. The molecule has 2 aromatic heterocycles. The van der Waals surface area contributed by atoms with E-state index in [1.165, 1.54) is 15.7 Å². The zero-order chi connectivity index (χ0) is 12.6. The highest BCUT2D eigenvalue weighted by Gasteiger charge is 2.17. The van der Waals surface area contributed by atoms with E-state index in [-0.39, 0.29) is 6.42 Å². The third-order valence-corrected chi connectivity index (χ3v) is 2.51. The van der Waals surface area contributed by atoms with Crippen LogP contribution in [0, 0.1) is 13.8 Å². The van der Waals surface area contributed by atoms with E-state index in [0.29, 0.717) is 22.9 Å². The van der Waals surface area contributed by atoms with Gasteiger partial charge in [0.05, 0.1) is 12.1 Å². The number of carboxylic acids is 1. The molecule has 8 heteroatoms. The number of nitrogen functional groups attached to an aromatic ring is 1.